The molecule has 1 aliphatic rings. The molecule has 1 aromatic carbocycles. The smallest absolute Gasteiger partial charge is 0.322 e. The van der Waals surface area contributed by atoms with Crippen molar-refractivity contribution < 1.29 is 27.6 Å². The van der Waals surface area contributed by atoms with E-state index >= 15 is 0 Å². The van der Waals surface area contributed by atoms with E-state index in [4.69, 9.17) is 5.11 Å². The Morgan fingerprint density at radius 2 is 2.19 bits per heavy atom. The van der Waals surface area contributed by atoms with Gasteiger partial charge in [0.05, 0.1) is 15.7 Å². The van der Waals surface area contributed by atoms with Crippen molar-refractivity contribution in [2.45, 2.75) is 10.9 Å². The molecule has 2 rings (SSSR count). The first-order valence-corrected chi connectivity index (χ1v) is 8.11. The lowest BCUT2D eigenvalue weighted by Gasteiger charge is -2.19. The maximum Gasteiger partial charge on any atom is 0.322 e. The molecule has 1 unspecified atom stereocenters. The molecule has 0 bridgehead atoms. The Morgan fingerprint density at radius 1 is 1.52 bits per heavy atom. The minimum atomic E-state index is -4.23. The number of nitro groups is 1. The summed E-state index contributed by atoms with van der Waals surface area (Å²) in [6, 6.07) is 0.910. The SMILES string of the molecule is O=C(O)C1CSCN1S(=O)(=O)c1ccc([N+](=O)[O-])c(F)c1. The van der Waals surface area contributed by atoms with Crippen LogP contribution in [0.4, 0.5) is 10.1 Å². The van der Waals surface area contributed by atoms with Crippen LogP contribution in [0.1, 0.15) is 0 Å². The van der Waals surface area contributed by atoms with Gasteiger partial charge >= 0.3 is 11.7 Å². The monoisotopic (exact) mass is 336 g/mol. The number of carboxylic acid groups (broad SMARTS) is 1. The van der Waals surface area contributed by atoms with Crippen molar-refractivity contribution in [3.05, 3.63) is 34.1 Å². The van der Waals surface area contributed by atoms with Gasteiger partial charge in [-0.25, -0.2) is 8.42 Å². The fraction of sp³-hybridized carbons (Fsp3) is 0.300. The van der Waals surface area contributed by atoms with E-state index in [0.717, 1.165) is 28.2 Å². The van der Waals surface area contributed by atoms with E-state index in [-0.39, 0.29) is 11.6 Å². The van der Waals surface area contributed by atoms with Crippen molar-refractivity contribution in [1.82, 2.24) is 4.31 Å². The number of benzene rings is 1. The van der Waals surface area contributed by atoms with Crippen LogP contribution in [0.25, 0.3) is 0 Å². The summed E-state index contributed by atoms with van der Waals surface area (Å²) in [6.45, 7) is 0. The number of nitrogens with zero attached hydrogens (tertiary/aromatic N) is 2. The molecule has 1 fully saturated rings. The van der Waals surface area contributed by atoms with Crippen LogP contribution in [0.2, 0.25) is 0 Å². The van der Waals surface area contributed by atoms with Gasteiger partial charge in [0.15, 0.2) is 0 Å². The molecular formula is C10H9FN2O6S2. The van der Waals surface area contributed by atoms with E-state index in [1.54, 1.807) is 0 Å². The molecule has 114 valence electrons. The molecule has 0 spiro atoms. The summed E-state index contributed by atoms with van der Waals surface area (Å²) in [4.78, 5) is 20.0. The molecule has 11 heteroatoms. The number of halogens is 1. The molecule has 0 amide bonds. The molecule has 0 aromatic heterocycles. The summed E-state index contributed by atoms with van der Waals surface area (Å²) >= 11 is 1.12. The lowest BCUT2D eigenvalue weighted by molar-refractivity contribution is -0.387. The molecule has 8 nitrogen and oxygen atoms in total. The number of sulfonamides is 1. The van der Waals surface area contributed by atoms with E-state index in [2.05, 4.69) is 0 Å². The number of hydrogen-bond acceptors (Lipinski definition) is 6. The van der Waals surface area contributed by atoms with Crippen LogP contribution in [0.3, 0.4) is 0 Å². The van der Waals surface area contributed by atoms with E-state index in [0.29, 0.717) is 6.07 Å². The molecule has 1 N–H and O–H groups in total. The summed E-state index contributed by atoms with van der Waals surface area (Å²) in [5.41, 5.74) is -0.848. The lowest BCUT2D eigenvalue weighted by Crippen LogP contribution is -2.41. The second-order valence-electron chi connectivity index (χ2n) is 4.12. The van der Waals surface area contributed by atoms with Gasteiger partial charge in [0, 0.05) is 17.9 Å². The maximum absolute atomic E-state index is 13.5. The van der Waals surface area contributed by atoms with Crippen molar-refractivity contribution in [2.75, 3.05) is 11.6 Å². The number of carbonyl (C=O) groups is 1. The second kappa shape index (κ2) is 5.58. The molecule has 1 heterocycles. The van der Waals surface area contributed by atoms with E-state index in [1.165, 1.54) is 0 Å². The highest BCUT2D eigenvalue weighted by molar-refractivity contribution is 8.00. The summed E-state index contributed by atoms with van der Waals surface area (Å²) in [5.74, 6) is -2.58. The largest absolute Gasteiger partial charge is 0.480 e. The topological polar surface area (TPSA) is 118 Å². The number of carboxylic acids is 1. The number of nitro benzene ring substituents is 1. The van der Waals surface area contributed by atoms with Crippen molar-refractivity contribution >= 4 is 33.4 Å². The summed E-state index contributed by atoms with van der Waals surface area (Å²) in [6.07, 6.45) is 0. The Hall–Kier alpha value is -1.72. The average molecular weight is 336 g/mol. The third-order valence-electron chi connectivity index (χ3n) is 2.85. The minimum absolute atomic E-state index is 0.0715. The Kier molecular flexibility index (Phi) is 4.16. The maximum atomic E-state index is 13.5. The highest BCUT2D eigenvalue weighted by Crippen LogP contribution is 2.30. The van der Waals surface area contributed by atoms with Crippen molar-refractivity contribution in [2.24, 2.45) is 0 Å². The third kappa shape index (κ3) is 2.84. The van der Waals surface area contributed by atoms with Crippen molar-refractivity contribution in [3.8, 4) is 0 Å². The fourth-order valence-corrected chi connectivity index (χ4v) is 4.94. The van der Waals surface area contributed by atoms with Gasteiger partial charge in [-0.15, -0.1) is 11.8 Å². The predicted octanol–water partition coefficient (Wildman–Crippen LogP) is 0.882. The Bertz CT molecular complexity index is 707. The Labute approximate surface area is 122 Å². The standard InChI is InChI=1S/C10H9FN2O6S2/c11-7-3-6(1-2-8(7)13(16)17)21(18,19)12-5-20-4-9(12)10(14)15/h1-3,9H,4-5H2,(H,14,15). The highest BCUT2D eigenvalue weighted by atomic mass is 32.2. The zero-order chi connectivity index (χ0) is 15.8. The van der Waals surface area contributed by atoms with E-state index < -0.39 is 43.4 Å². The van der Waals surface area contributed by atoms with Gasteiger partial charge in [0.25, 0.3) is 0 Å². The molecule has 1 aliphatic heterocycles. The summed E-state index contributed by atoms with van der Waals surface area (Å²) < 4.78 is 38.9. The molecule has 1 saturated heterocycles. The zero-order valence-corrected chi connectivity index (χ0v) is 11.9. The van der Waals surface area contributed by atoms with E-state index in [1.807, 2.05) is 0 Å². The predicted molar refractivity (Wildman–Crippen MR) is 70.8 cm³/mol. The molecule has 1 atom stereocenters. The number of aliphatic carboxylic acids is 1. The van der Waals surface area contributed by atoms with Gasteiger partial charge in [-0.1, -0.05) is 0 Å². The second-order valence-corrected chi connectivity index (χ2v) is 7.01. The number of rotatable bonds is 4. The van der Waals surface area contributed by atoms with E-state index in [9.17, 15) is 27.7 Å². The molecule has 1 aromatic rings. The van der Waals surface area contributed by atoms with Gasteiger partial charge < -0.3 is 5.11 Å². The summed E-state index contributed by atoms with van der Waals surface area (Å²) in [5, 5.41) is 19.5. The Morgan fingerprint density at radius 3 is 2.71 bits per heavy atom. The first-order valence-electron chi connectivity index (χ1n) is 5.51. The summed E-state index contributed by atoms with van der Waals surface area (Å²) in [7, 11) is -4.23. The van der Waals surface area contributed by atoms with Crippen LogP contribution < -0.4 is 0 Å². The van der Waals surface area contributed by atoms with Crippen LogP contribution in [0.15, 0.2) is 23.1 Å². The average Bonchev–Trinajstić information content (AvgIpc) is 2.88. The van der Waals surface area contributed by atoms with Crippen molar-refractivity contribution in [1.29, 1.82) is 0 Å². The van der Waals surface area contributed by atoms with Gasteiger partial charge in [-0.2, -0.15) is 8.70 Å². The van der Waals surface area contributed by atoms with Gasteiger partial charge in [0.2, 0.25) is 15.8 Å². The third-order valence-corrected chi connectivity index (χ3v) is 5.88. The normalized spacial score (nSPS) is 19.6. The number of hydrogen-bond donors (Lipinski definition) is 1. The molecular weight excluding hydrogens is 327 g/mol. The Balaban J connectivity index is 2.43. The van der Waals surface area contributed by atoms with Gasteiger partial charge in [-0.05, 0) is 6.07 Å². The van der Waals surface area contributed by atoms with Gasteiger partial charge in [0.1, 0.15) is 6.04 Å². The first-order chi connectivity index (χ1) is 9.75. The quantitative estimate of drug-likeness (QED) is 0.640. The lowest BCUT2D eigenvalue weighted by atomic mass is 10.3. The number of thioether (sulfide) groups is 1. The zero-order valence-electron chi connectivity index (χ0n) is 10.3. The molecule has 21 heavy (non-hydrogen) atoms. The van der Waals surface area contributed by atoms with Crippen LogP contribution in [-0.2, 0) is 14.8 Å². The van der Waals surface area contributed by atoms with Crippen LogP contribution in [0, 0.1) is 15.9 Å². The molecule has 0 aliphatic carbocycles. The van der Waals surface area contributed by atoms with Crippen molar-refractivity contribution in [3.63, 3.8) is 0 Å². The van der Waals surface area contributed by atoms with Gasteiger partial charge in [-0.3, -0.25) is 14.9 Å². The molecule has 0 saturated carbocycles. The highest BCUT2D eigenvalue weighted by Gasteiger charge is 2.40. The fourth-order valence-electron chi connectivity index (χ4n) is 1.79. The van der Waals surface area contributed by atoms with Crippen LogP contribution >= 0.6 is 11.8 Å². The minimum Gasteiger partial charge on any atom is -0.480 e. The van der Waals surface area contributed by atoms with Crippen LogP contribution in [0.5, 0.6) is 0 Å². The molecule has 0 radical (unpaired) electrons. The van der Waals surface area contributed by atoms with Crippen LogP contribution in [-0.4, -0.2) is 46.4 Å². The first kappa shape index (κ1) is 15.7.